The van der Waals surface area contributed by atoms with E-state index < -0.39 is 5.91 Å². The van der Waals surface area contributed by atoms with Crippen LogP contribution in [0.4, 0.5) is 11.4 Å². The zero-order chi connectivity index (χ0) is 21.4. The van der Waals surface area contributed by atoms with Crippen LogP contribution in [0.15, 0.2) is 54.6 Å². The predicted octanol–water partition coefficient (Wildman–Crippen LogP) is 4.80. The summed E-state index contributed by atoms with van der Waals surface area (Å²) in [5.41, 5.74) is 1.15. The highest BCUT2D eigenvalue weighted by Gasteiger charge is 2.67. The minimum atomic E-state index is -0.398. The zero-order valence-corrected chi connectivity index (χ0v) is 17.8. The number of carbonyl (C=O) groups is 3. The summed E-state index contributed by atoms with van der Waals surface area (Å²) in [5, 5.41) is 3.55. The molecule has 156 valence electrons. The first-order valence-corrected chi connectivity index (χ1v) is 11.1. The maximum Gasteiger partial charge on any atom is 0.255 e. The second-order valence-corrected chi connectivity index (χ2v) is 9.64. The second kappa shape index (κ2) is 6.68. The van der Waals surface area contributed by atoms with Crippen LogP contribution in [-0.4, -0.2) is 17.7 Å². The average molecular weight is 453 g/mol. The number of carbonyl (C=O) groups excluding carboxylic acids is 3. The van der Waals surface area contributed by atoms with Crippen LogP contribution in [-0.2, 0) is 9.59 Å². The van der Waals surface area contributed by atoms with Gasteiger partial charge in [0.15, 0.2) is 0 Å². The van der Waals surface area contributed by atoms with E-state index in [1.165, 1.54) is 4.90 Å². The molecule has 2 bridgehead atoms. The lowest BCUT2D eigenvalue weighted by Gasteiger charge is -2.37. The molecule has 0 unspecified atom stereocenters. The van der Waals surface area contributed by atoms with Gasteiger partial charge in [-0.05, 0) is 66.5 Å². The molecule has 1 N–H and O–H groups in total. The lowest BCUT2D eigenvalue weighted by Crippen LogP contribution is -2.40. The van der Waals surface area contributed by atoms with Crippen molar-refractivity contribution in [3.05, 3.63) is 70.2 Å². The molecule has 0 aromatic heterocycles. The van der Waals surface area contributed by atoms with Crippen LogP contribution in [0.25, 0.3) is 0 Å². The average Bonchev–Trinajstić information content (AvgIpc) is 3.54. The number of halogens is 2. The van der Waals surface area contributed by atoms with Crippen LogP contribution in [0, 0.1) is 35.5 Å². The fourth-order valence-corrected chi connectivity index (χ4v) is 6.12. The monoisotopic (exact) mass is 452 g/mol. The Hall–Kier alpha value is -2.63. The van der Waals surface area contributed by atoms with Crippen molar-refractivity contribution in [3.8, 4) is 0 Å². The van der Waals surface area contributed by atoms with Crippen LogP contribution in [0.5, 0.6) is 0 Å². The number of hydrogen-bond donors (Lipinski definition) is 1. The van der Waals surface area contributed by atoms with Crippen LogP contribution in [0.2, 0.25) is 10.0 Å². The third kappa shape index (κ3) is 2.80. The van der Waals surface area contributed by atoms with Gasteiger partial charge in [0.05, 0.1) is 28.2 Å². The molecule has 1 heterocycles. The van der Waals surface area contributed by atoms with E-state index in [1.807, 2.05) is 0 Å². The largest absolute Gasteiger partial charge is 0.321 e. The Morgan fingerprint density at radius 2 is 1.61 bits per heavy atom. The van der Waals surface area contributed by atoms with Crippen molar-refractivity contribution < 1.29 is 14.4 Å². The second-order valence-electron chi connectivity index (χ2n) is 8.80. The highest BCUT2D eigenvalue weighted by atomic mass is 35.5. The Labute approximate surface area is 189 Å². The fraction of sp³-hybridized carbons (Fsp3) is 0.292. The quantitative estimate of drug-likeness (QED) is 0.536. The fourth-order valence-electron chi connectivity index (χ4n) is 5.79. The molecule has 31 heavy (non-hydrogen) atoms. The predicted molar refractivity (Wildman–Crippen MR) is 118 cm³/mol. The van der Waals surface area contributed by atoms with Crippen molar-refractivity contribution in [2.24, 2.45) is 35.5 Å². The number of allylic oxidation sites excluding steroid dienone is 2. The number of hydrogen-bond acceptors (Lipinski definition) is 3. The van der Waals surface area contributed by atoms with Crippen molar-refractivity contribution in [1.82, 2.24) is 0 Å². The van der Waals surface area contributed by atoms with Crippen molar-refractivity contribution in [3.63, 3.8) is 0 Å². The molecule has 3 amide bonds. The maximum atomic E-state index is 13.3. The van der Waals surface area contributed by atoms with Gasteiger partial charge in [0, 0.05) is 10.6 Å². The summed E-state index contributed by atoms with van der Waals surface area (Å²) in [5.74, 6) is 0.203. The first kappa shape index (κ1) is 19.1. The van der Waals surface area contributed by atoms with Crippen LogP contribution in [0.1, 0.15) is 16.8 Å². The summed E-state index contributed by atoms with van der Waals surface area (Å²) in [7, 11) is 0. The van der Waals surface area contributed by atoms with Crippen LogP contribution in [0.3, 0.4) is 0 Å². The summed E-state index contributed by atoms with van der Waals surface area (Å²) in [6, 6.07) is 11.4. The Balaban J connectivity index is 1.29. The SMILES string of the molecule is O=C(Nc1cc(Cl)ccc1Cl)c1cccc(N2C(=O)[C@H]3[C@@H]4C=C[C@@H]([C@H]5C[C@H]45)[C@@H]3C2=O)c1. The summed E-state index contributed by atoms with van der Waals surface area (Å²) in [6.45, 7) is 0. The van der Waals surface area contributed by atoms with Gasteiger partial charge in [-0.15, -0.1) is 0 Å². The third-order valence-corrected chi connectivity index (χ3v) is 7.77. The number of nitrogens with zero attached hydrogens (tertiary/aromatic N) is 1. The van der Waals surface area contributed by atoms with E-state index in [-0.39, 0.29) is 35.5 Å². The van der Waals surface area contributed by atoms with Gasteiger partial charge in [-0.1, -0.05) is 41.4 Å². The summed E-state index contributed by atoms with van der Waals surface area (Å²) >= 11 is 12.1. The van der Waals surface area contributed by atoms with Crippen molar-refractivity contribution >= 4 is 52.3 Å². The lowest BCUT2D eigenvalue weighted by atomic mass is 9.63. The Bertz CT molecular complexity index is 1160. The number of imide groups is 1. The molecule has 1 aliphatic heterocycles. The molecule has 4 aliphatic carbocycles. The summed E-state index contributed by atoms with van der Waals surface area (Å²) < 4.78 is 0. The van der Waals surface area contributed by atoms with E-state index in [2.05, 4.69) is 17.5 Å². The number of anilines is 2. The maximum absolute atomic E-state index is 13.3. The Kier molecular flexibility index (Phi) is 4.11. The van der Waals surface area contributed by atoms with Gasteiger partial charge in [-0.3, -0.25) is 14.4 Å². The van der Waals surface area contributed by atoms with E-state index in [4.69, 9.17) is 23.2 Å². The van der Waals surface area contributed by atoms with E-state index in [9.17, 15) is 14.4 Å². The lowest BCUT2D eigenvalue weighted by molar-refractivity contribution is -0.124. The third-order valence-electron chi connectivity index (χ3n) is 7.21. The minimum absolute atomic E-state index is 0.143. The molecule has 0 radical (unpaired) electrons. The van der Waals surface area contributed by atoms with Crippen LogP contribution < -0.4 is 10.2 Å². The Morgan fingerprint density at radius 3 is 2.29 bits per heavy atom. The molecule has 1 saturated heterocycles. The molecule has 5 nitrogen and oxygen atoms in total. The van der Waals surface area contributed by atoms with E-state index in [0.29, 0.717) is 38.8 Å². The first-order chi connectivity index (χ1) is 14.9. The van der Waals surface area contributed by atoms with Gasteiger partial charge in [0.25, 0.3) is 5.91 Å². The van der Waals surface area contributed by atoms with Crippen molar-refractivity contribution in [2.45, 2.75) is 6.42 Å². The zero-order valence-electron chi connectivity index (χ0n) is 16.3. The molecule has 7 heteroatoms. The minimum Gasteiger partial charge on any atom is -0.321 e. The topological polar surface area (TPSA) is 66.5 Å². The number of amides is 3. The molecule has 6 atom stereocenters. The van der Waals surface area contributed by atoms with Gasteiger partial charge in [0.2, 0.25) is 11.8 Å². The smallest absolute Gasteiger partial charge is 0.255 e. The van der Waals surface area contributed by atoms with E-state index in [1.54, 1.807) is 42.5 Å². The molecule has 7 rings (SSSR count). The molecule has 5 aliphatic rings. The highest BCUT2D eigenvalue weighted by molar-refractivity contribution is 6.36. The van der Waals surface area contributed by atoms with E-state index in [0.717, 1.165) is 6.42 Å². The molecule has 2 saturated carbocycles. The molecular weight excluding hydrogens is 435 g/mol. The molecule has 0 spiro atoms. The van der Waals surface area contributed by atoms with Gasteiger partial charge < -0.3 is 5.32 Å². The van der Waals surface area contributed by atoms with Gasteiger partial charge in [-0.2, -0.15) is 0 Å². The van der Waals surface area contributed by atoms with E-state index >= 15 is 0 Å². The van der Waals surface area contributed by atoms with Gasteiger partial charge in [0.1, 0.15) is 0 Å². The van der Waals surface area contributed by atoms with Crippen molar-refractivity contribution in [2.75, 3.05) is 10.2 Å². The number of benzene rings is 2. The van der Waals surface area contributed by atoms with Gasteiger partial charge in [-0.25, -0.2) is 4.90 Å². The molecule has 2 aromatic rings. The molecule has 2 aromatic carbocycles. The summed E-state index contributed by atoms with van der Waals surface area (Å²) in [6.07, 6.45) is 5.41. The highest BCUT2D eigenvalue weighted by Crippen LogP contribution is 2.65. The van der Waals surface area contributed by atoms with Crippen molar-refractivity contribution in [1.29, 1.82) is 0 Å². The molecule has 3 fully saturated rings. The summed E-state index contributed by atoms with van der Waals surface area (Å²) in [4.78, 5) is 40.7. The standard InChI is InChI=1S/C24H18Cl2N2O3/c25-12-4-7-18(26)19(9-12)27-22(29)11-2-1-3-13(8-11)28-23(30)20-14-5-6-15(17-10-16(14)17)21(20)24(28)31/h1-9,14-17,20-21H,10H2,(H,27,29)/t14-,15+,16-,17-,20+,21+/m1/s1. The Morgan fingerprint density at radius 1 is 0.935 bits per heavy atom. The van der Waals surface area contributed by atoms with Crippen LogP contribution >= 0.6 is 23.2 Å². The first-order valence-electron chi connectivity index (χ1n) is 10.4. The molecular formula is C24H18Cl2N2O3. The number of nitrogens with one attached hydrogen (secondary N) is 1. The normalized spacial score (nSPS) is 32.1. The van der Waals surface area contributed by atoms with Gasteiger partial charge >= 0.3 is 0 Å². The number of rotatable bonds is 3.